The van der Waals surface area contributed by atoms with Gasteiger partial charge in [-0.1, -0.05) is 18.5 Å². The van der Waals surface area contributed by atoms with Crippen LogP contribution in [0.5, 0.6) is 0 Å². The highest BCUT2D eigenvalue weighted by molar-refractivity contribution is 6.34. The van der Waals surface area contributed by atoms with E-state index < -0.39 is 0 Å². The molecule has 112 valence electrons. The van der Waals surface area contributed by atoms with Gasteiger partial charge in [-0.2, -0.15) is 0 Å². The number of amides is 1. The van der Waals surface area contributed by atoms with Gasteiger partial charge >= 0.3 is 0 Å². The lowest BCUT2D eigenvalue weighted by atomic mass is 10.2. The first-order chi connectivity index (χ1) is 9.43. The Balaban J connectivity index is 2.37. The van der Waals surface area contributed by atoms with Gasteiger partial charge in [-0.3, -0.25) is 4.79 Å². The van der Waals surface area contributed by atoms with Crippen LogP contribution in [0.15, 0.2) is 18.2 Å². The summed E-state index contributed by atoms with van der Waals surface area (Å²) in [6.45, 7) is 5.27. The predicted octanol–water partition coefficient (Wildman–Crippen LogP) is 3.37. The number of rotatable bonds is 7. The summed E-state index contributed by atoms with van der Waals surface area (Å²) in [6, 6.07) is 5.62. The monoisotopic (exact) mass is 297 g/mol. The maximum Gasteiger partial charge on any atom is 0.224 e. The Morgan fingerprint density at radius 3 is 2.80 bits per heavy atom. The molecule has 4 nitrogen and oxygen atoms in total. The van der Waals surface area contributed by atoms with Crippen molar-refractivity contribution < 1.29 is 4.79 Å². The first kappa shape index (κ1) is 16.8. The van der Waals surface area contributed by atoms with E-state index in [-0.39, 0.29) is 5.91 Å². The molecular formula is C15H24ClN3O. The number of benzene rings is 1. The van der Waals surface area contributed by atoms with Crippen LogP contribution in [0.4, 0.5) is 11.4 Å². The molecule has 1 unspecified atom stereocenters. The number of hydrogen-bond donors (Lipinski definition) is 2. The third-order valence-corrected chi connectivity index (χ3v) is 3.84. The minimum atomic E-state index is -0.0192. The van der Waals surface area contributed by atoms with Crippen molar-refractivity contribution in [3.05, 3.63) is 23.2 Å². The Morgan fingerprint density at radius 2 is 2.20 bits per heavy atom. The third kappa shape index (κ3) is 5.39. The zero-order chi connectivity index (χ0) is 15.1. The van der Waals surface area contributed by atoms with E-state index in [4.69, 9.17) is 17.3 Å². The largest absolute Gasteiger partial charge is 0.399 e. The minimum absolute atomic E-state index is 0.0192. The molecular weight excluding hydrogens is 274 g/mol. The summed E-state index contributed by atoms with van der Waals surface area (Å²) in [5.74, 6) is -0.0192. The second-order valence-corrected chi connectivity index (χ2v) is 5.54. The first-order valence-electron chi connectivity index (χ1n) is 6.99. The van der Waals surface area contributed by atoms with Gasteiger partial charge in [0.05, 0.1) is 10.7 Å². The van der Waals surface area contributed by atoms with Crippen LogP contribution in [0.3, 0.4) is 0 Å². The highest BCUT2D eigenvalue weighted by Crippen LogP contribution is 2.24. The average Bonchev–Trinajstić information content (AvgIpc) is 2.41. The number of carbonyl (C=O) groups is 1. The van der Waals surface area contributed by atoms with Crippen molar-refractivity contribution in [2.75, 3.05) is 24.6 Å². The van der Waals surface area contributed by atoms with Crippen molar-refractivity contribution in [3.8, 4) is 0 Å². The second-order valence-electron chi connectivity index (χ2n) is 5.13. The van der Waals surface area contributed by atoms with E-state index in [2.05, 4.69) is 31.1 Å². The summed E-state index contributed by atoms with van der Waals surface area (Å²) in [5, 5.41) is 3.28. The summed E-state index contributed by atoms with van der Waals surface area (Å²) >= 11 is 6.02. The summed E-state index contributed by atoms with van der Waals surface area (Å²) in [7, 11) is 2.09. The van der Waals surface area contributed by atoms with Crippen LogP contribution in [0.25, 0.3) is 0 Å². The molecule has 20 heavy (non-hydrogen) atoms. The minimum Gasteiger partial charge on any atom is -0.399 e. The molecule has 3 N–H and O–H groups in total. The number of nitrogens with zero attached hydrogens (tertiary/aromatic N) is 1. The lowest BCUT2D eigenvalue weighted by Crippen LogP contribution is -2.29. The van der Waals surface area contributed by atoms with E-state index in [1.807, 2.05) is 0 Å². The van der Waals surface area contributed by atoms with Crippen molar-refractivity contribution in [2.24, 2.45) is 0 Å². The number of hydrogen-bond acceptors (Lipinski definition) is 3. The SMILES string of the molecule is CCC(C)N(C)CCCC(=O)Nc1ccc(N)cc1Cl. The number of nitrogens with two attached hydrogens (primary N) is 1. The Morgan fingerprint density at radius 1 is 1.50 bits per heavy atom. The Labute approximate surface area is 126 Å². The molecule has 0 aliphatic heterocycles. The highest BCUT2D eigenvalue weighted by atomic mass is 35.5. The van der Waals surface area contributed by atoms with Gasteiger partial charge in [0.25, 0.3) is 0 Å². The van der Waals surface area contributed by atoms with Gasteiger partial charge in [-0.05, 0) is 51.6 Å². The Bertz CT molecular complexity index is 451. The van der Waals surface area contributed by atoms with Crippen molar-refractivity contribution in [2.45, 2.75) is 39.2 Å². The van der Waals surface area contributed by atoms with E-state index in [0.29, 0.717) is 28.9 Å². The molecule has 0 saturated heterocycles. The van der Waals surface area contributed by atoms with Crippen molar-refractivity contribution in [1.29, 1.82) is 0 Å². The van der Waals surface area contributed by atoms with E-state index in [1.54, 1.807) is 18.2 Å². The number of anilines is 2. The van der Waals surface area contributed by atoms with Crippen molar-refractivity contribution in [1.82, 2.24) is 4.90 Å². The molecule has 5 heteroatoms. The summed E-state index contributed by atoms with van der Waals surface area (Å²) in [4.78, 5) is 14.1. The quantitative estimate of drug-likeness (QED) is 0.759. The maximum absolute atomic E-state index is 11.9. The zero-order valence-corrected chi connectivity index (χ0v) is 13.2. The molecule has 1 amide bonds. The molecule has 0 fully saturated rings. The normalized spacial score (nSPS) is 12.4. The molecule has 0 saturated carbocycles. The van der Waals surface area contributed by atoms with E-state index in [1.165, 1.54) is 0 Å². The van der Waals surface area contributed by atoms with E-state index >= 15 is 0 Å². The molecule has 0 radical (unpaired) electrons. The third-order valence-electron chi connectivity index (χ3n) is 3.53. The smallest absolute Gasteiger partial charge is 0.224 e. The zero-order valence-electron chi connectivity index (χ0n) is 12.4. The average molecular weight is 298 g/mol. The highest BCUT2D eigenvalue weighted by Gasteiger charge is 2.09. The Kier molecular flexibility index (Phi) is 6.82. The van der Waals surface area contributed by atoms with Crippen LogP contribution in [-0.4, -0.2) is 30.4 Å². The van der Waals surface area contributed by atoms with Crippen LogP contribution in [-0.2, 0) is 4.79 Å². The molecule has 1 rings (SSSR count). The number of carbonyl (C=O) groups excluding carboxylic acids is 1. The van der Waals surface area contributed by atoms with Crippen LogP contribution < -0.4 is 11.1 Å². The fourth-order valence-electron chi connectivity index (χ4n) is 1.87. The number of nitrogens with one attached hydrogen (secondary N) is 1. The van der Waals surface area contributed by atoms with Gasteiger partial charge in [0.1, 0.15) is 0 Å². The van der Waals surface area contributed by atoms with Gasteiger partial charge < -0.3 is 16.0 Å². The molecule has 0 bridgehead atoms. The number of nitrogen functional groups attached to an aromatic ring is 1. The van der Waals surface area contributed by atoms with Crippen LogP contribution >= 0.6 is 11.6 Å². The second kappa shape index (κ2) is 8.12. The topological polar surface area (TPSA) is 58.4 Å². The molecule has 0 spiro atoms. The summed E-state index contributed by atoms with van der Waals surface area (Å²) < 4.78 is 0. The Hall–Kier alpha value is -1.26. The molecule has 1 aromatic carbocycles. The van der Waals surface area contributed by atoms with Gasteiger partial charge in [-0.25, -0.2) is 0 Å². The lowest BCUT2D eigenvalue weighted by Gasteiger charge is -2.23. The van der Waals surface area contributed by atoms with Gasteiger partial charge in [0, 0.05) is 18.2 Å². The molecule has 0 aliphatic carbocycles. The van der Waals surface area contributed by atoms with Crippen LogP contribution in [0.1, 0.15) is 33.1 Å². The standard InChI is InChI=1S/C15H24ClN3O/c1-4-11(2)19(3)9-5-6-15(20)18-14-8-7-12(17)10-13(14)16/h7-8,10-11H,4-6,9,17H2,1-3H3,(H,18,20). The fourth-order valence-corrected chi connectivity index (χ4v) is 2.10. The van der Waals surface area contributed by atoms with Gasteiger partial charge in [-0.15, -0.1) is 0 Å². The van der Waals surface area contributed by atoms with Crippen LogP contribution in [0.2, 0.25) is 5.02 Å². The van der Waals surface area contributed by atoms with Gasteiger partial charge in [0.15, 0.2) is 0 Å². The molecule has 0 aromatic heterocycles. The lowest BCUT2D eigenvalue weighted by molar-refractivity contribution is -0.116. The molecule has 1 atom stereocenters. The first-order valence-corrected chi connectivity index (χ1v) is 7.37. The van der Waals surface area contributed by atoms with E-state index in [9.17, 15) is 4.79 Å². The summed E-state index contributed by atoms with van der Waals surface area (Å²) in [5.41, 5.74) is 6.81. The van der Waals surface area contributed by atoms with Crippen molar-refractivity contribution in [3.63, 3.8) is 0 Å². The van der Waals surface area contributed by atoms with Gasteiger partial charge in [0.2, 0.25) is 5.91 Å². The number of halogens is 1. The predicted molar refractivity (Wildman–Crippen MR) is 86.1 cm³/mol. The molecule has 0 heterocycles. The van der Waals surface area contributed by atoms with Crippen LogP contribution in [0, 0.1) is 0 Å². The molecule has 0 aliphatic rings. The summed E-state index contributed by atoms with van der Waals surface area (Å²) in [6.07, 6.45) is 2.44. The molecule has 1 aromatic rings. The van der Waals surface area contributed by atoms with Crippen molar-refractivity contribution >= 4 is 28.9 Å². The maximum atomic E-state index is 11.9. The fraction of sp³-hybridized carbons (Fsp3) is 0.533. The van der Waals surface area contributed by atoms with E-state index in [0.717, 1.165) is 19.4 Å².